The van der Waals surface area contributed by atoms with Crippen molar-refractivity contribution in [1.29, 1.82) is 0 Å². The fourth-order valence-corrected chi connectivity index (χ4v) is 3.95. The number of tetrazole rings is 1. The zero-order valence-corrected chi connectivity index (χ0v) is 20.9. The number of hydrogen-bond acceptors (Lipinski definition) is 6. The number of H-pyrrole nitrogens is 1. The lowest BCUT2D eigenvalue weighted by Gasteiger charge is -2.30. The van der Waals surface area contributed by atoms with Crippen molar-refractivity contribution in [2.24, 2.45) is 5.92 Å². The molecular weight excluding hydrogens is 448 g/mol. The molecule has 0 spiro atoms. The van der Waals surface area contributed by atoms with Gasteiger partial charge in [-0.25, -0.2) is 4.79 Å². The van der Waals surface area contributed by atoms with E-state index in [0.29, 0.717) is 17.5 Å². The third-order valence-corrected chi connectivity index (χ3v) is 6.00. The molecule has 1 unspecified atom stereocenters. The number of carbonyl (C=O) groups is 1. The molecule has 34 heavy (non-hydrogen) atoms. The van der Waals surface area contributed by atoms with Crippen molar-refractivity contribution in [3.63, 3.8) is 0 Å². The maximum Gasteiger partial charge on any atom is 0.328 e. The number of aromatic amines is 1. The summed E-state index contributed by atoms with van der Waals surface area (Å²) >= 11 is 5.70. The van der Waals surface area contributed by atoms with Gasteiger partial charge in [0.1, 0.15) is 6.04 Å². The molecule has 3 rings (SSSR count). The van der Waals surface area contributed by atoms with Gasteiger partial charge in [-0.1, -0.05) is 75.7 Å². The minimum absolute atomic E-state index is 0.0528. The number of aromatic nitrogens is 4. The molecule has 2 N–H and O–H groups in total. The molecular formula is C25H32N6O2S. The van der Waals surface area contributed by atoms with Crippen molar-refractivity contribution in [3.8, 4) is 22.5 Å². The standard InChI is InChI=1S/C25H32N6O2S/c1-5-6-15-31(25(34)26-22(17(2)3)24(32)33-4)16-18-11-13-19(14-12-18)20-9-7-8-10-21(20)23-27-29-30-28-23/h7-14,17,22H,5-6,15-16H2,1-4H3,(H,26,34)(H,27,28,29,30). The predicted molar refractivity (Wildman–Crippen MR) is 137 cm³/mol. The normalized spacial score (nSPS) is 11.8. The van der Waals surface area contributed by atoms with Crippen LogP contribution in [0.25, 0.3) is 22.5 Å². The number of benzene rings is 2. The van der Waals surface area contributed by atoms with Crippen molar-refractivity contribution >= 4 is 23.3 Å². The van der Waals surface area contributed by atoms with Crippen LogP contribution in [0.5, 0.6) is 0 Å². The molecule has 0 aliphatic carbocycles. The van der Waals surface area contributed by atoms with Crippen LogP contribution < -0.4 is 5.32 Å². The molecule has 0 fully saturated rings. The van der Waals surface area contributed by atoms with Crippen LogP contribution in [-0.2, 0) is 16.1 Å². The van der Waals surface area contributed by atoms with Crippen LogP contribution in [0.2, 0.25) is 0 Å². The number of esters is 1. The summed E-state index contributed by atoms with van der Waals surface area (Å²) in [5.41, 5.74) is 4.14. The van der Waals surface area contributed by atoms with Gasteiger partial charge in [-0.3, -0.25) is 0 Å². The van der Waals surface area contributed by atoms with Gasteiger partial charge in [0.25, 0.3) is 0 Å². The fraction of sp³-hybridized carbons (Fsp3) is 0.400. The molecule has 2 aromatic carbocycles. The first kappa shape index (κ1) is 25.3. The van der Waals surface area contributed by atoms with E-state index in [2.05, 4.69) is 62.0 Å². The minimum Gasteiger partial charge on any atom is -0.467 e. The van der Waals surface area contributed by atoms with E-state index >= 15 is 0 Å². The van der Waals surface area contributed by atoms with Crippen LogP contribution in [0.15, 0.2) is 48.5 Å². The molecule has 0 radical (unpaired) electrons. The number of ether oxygens (including phenoxy) is 1. The lowest BCUT2D eigenvalue weighted by atomic mass is 9.98. The highest BCUT2D eigenvalue weighted by molar-refractivity contribution is 7.80. The Kier molecular flexibility index (Phi) is 9.09. The number of thiocarbonyl (C=S) groups is 1. The van der Waals surface area contributed by atoms with Gasteiger partial charge in [0.2, 0.25) is 5.82 Å². The zero-order valence-electron chi connectivity index (χ0n) is 20.1. The van der Waals surface area contributed by atoms with Crippen molar-refractivity contribution < 1.29 is 9.53 Å². The molecule has 0 amide bonds. The van der Waals surface area contributed by atoms with Gasteiger partial charge in [-0.2, -0.15) is 5.21 Å². The van der Waals surface area contributed by atoms with Crippen LogP contribution >= 0.6 is 12.2 Å². The number of unbranched alkanes of at least 4 members (excludes halogenated alkanes) is 1. The highest BCUT2D eigenvalue weighted by atomic mass is 32.1. The predicted octanol–water partition coefficient (Wildman–Crippen LogP) is 4.21. The third-order valence-electron chi connectivity index (χ3n) is 5.62. The highest BCUT2D eigenvalue weighted by Gasteiger charge is 2.25. The topological polar surface area (TPSA) is 96.0 Å². The maximum absolute atomic E-state index is 12.2. The zero-order chi connectivity index (χ0) is 24.5. The molecule has 1 heterocycles. The number of nitrogens with one attached hydrogen (secondary N) is 2. The Morgan fingerprint density at radius 2 is 1.85 bits per heavy atom. The fourth-order valence-electron chi connectivity index (χ4n) is 3.67. The monoisotopic (exact) mass is 480 g/mol. The average Bonchev–Trinajstić information content (AvgIpc) is 3.39. The Morgan fingerprint density at radius 3 is 2.44 bits per heavy atom. The Balaban J connectivity index is 1.77. The largest absolute Gasteiger partial charge is 0.467 e. The first-order chi connectivity index (χ1) is 16.4. The Labute approximate surface area is 206 Å². The van der Waals surface area contributed by atoms with Crippen LogP contribution in [0.3, 0.4) is 0 Å². The van der Waals surface area contributed by atoms with Crippen molar-refractivity contribution in [2.45, 2.75) is 46.2 Å². The SMILES string of the molecule is CCCCN(Cc1ccc(-c2ccccc2-c2nn[nH]n2)cc1)C(=S)NC(C(=O)OC)C(C)C. The number of hydrogen-bond donors (Lipinski definition) is 2. The third kappa shape index (κ3) is 6.38. The molecule has 0 saturated heterocycles. The molecule has 3 aromatic rings. The van der Waals surface area contributed by atoms with Crippen molar-refractivity contribution in [3.05, 3.63) is 54.1 Å². The minimum atomic E-state index is -0.481. The van der Waals surface area contributed by atoms with Gasteiger partial charge < -0.3 is 15.0 Å². The van der Waals surface area contributed by atoms with Gasteiger partial charge in [-0.15, -0.1) is 10.2 Å². The summed E-state index contributed by atoms with van der Waals surface area (Å²) < 4.78 is 4.95. The second kappa shape index (κ2) is 12.2. The first-order valence-corrected chi connectivity index (χ1v) is 11.9. The summed E-state index contributed by atoms with van der Waals surface area (Å²) in [5, 5.41) is 18.2. The Morgan fingerprint density at radius 1 is 1.15 bits per heavy atom. The number of rotatable bonds is 10. The molecule has 0 aliphatic heterocycles. The smallest absolute Gasteiger partial charge is 0.328 e. The first-order valence-electron chi connectivity index (χ1n) is 11.5. The molecule has 1 atom stereocenters. The second-order valence-electron chi connectivity index (χ2n) is 8.45. The Hall–Kier alpha value is -3.33. The van der Waals surface area contributed by atoms with Crippen LogP contribution in [0.1, 0.15) is 39.2 Å². The van der Waals surface area contributed by atoms with E-state index < -0.39 is 6.04 Å². The molecule has 1 aromatic heterocycles. The molecule has 8 nitrogen and oxygen atoms in total. The lowest BCUT2D eigenvalue weighted by Crippen LogP contribution is -2.50. The highest BCUT2D eigenvalue weighted by Crippen LogP contribution is 2.29. The Bertz CT molecular complexity index is 1070. The molecule has 0 saturated carbocycles. The summed E-state index contributed by atoms with van der Waals surface area (Å²) in [5.74, 6) is 0.307. The van der Waals surface area contributed by atoms with Crippen LogP contribution in [0.4, 0.5) is 0 Å². The van der Waals surface area contributed by atoms with Gasteiger partial charge in [-0.05, 0) is 46.5 Å². The van der Waals surface area contributed by atoms with E-state index in [1.165, 1.54) is 7.11 Å². The van der Waals surface area contributed by atoms with Crippen LogP contribution in [-0.4, -0.2) is 56.3 Å². The van der Waals surface area contributed by atoms with E-state index in [4.69, 9.17) is 17.0 Å². The lowest BCUT2D eigenvalue weighted by molar-refractivity contribution is -0.143. The van der Waals surface area contributed by atoms with Crippen molar-refractivity contribution in [2.75, 3.05) is 13.7 Å². The van der Waals surface area contributed by atoms with Crippen molar-refractivity contribution in [1.82, 2.24) is 30.8 Å². The number of methoxy groups -OCH3 is 1. The van der Waals surface area contributed by atoms with Gasteiger partial charge in [0, 0.05) is 18.7 Å². The van der Waals surface area contributed by atoms with E-state index in [0.717, 1.165) is 41.6 Å². The molecule has 0 bridgehead atoms. The van der Waals surface area contributed by atoms with E-state index in [1.807, 2.05) is 38.1 Å². The van der Waals surface area contributed by atoms with E-state index in [1.54, 1.807) is 0 Å². The summed E-state index contributed by atoms with van der Waals surface area (Å²) in [6.07, 6.45) is 2.05. The quantitative estimate of drug-likeness (QED) is 0.329. The molecule has 9 heteroatoms. The number of carbonyl (C=O) groups excluding carboxylic acids is 1. The number of nitrogens with zero attached hydrogens (tertiary/aromatic N) is 4. The van der Waals surface area contributed by atoms with Gasteiger partial charge >= 0.3 is 5.97 Å². The maximum atomic E-state index is 12.2. The molecule has 0 aliphatic rings. The summed E-state index contributed by atoms with van der Waals surface area (Å²) in [6, 6.07) is 15.9. The van der Waals surface area contributed by atoms with E-state index in [9.17, 15) is 4.79 Å². The summed E-state index contributed by atoms with van der Waals surface area (Å²) in [6.45, 7) is 7.54. The van der Waals surface area contributed by atoms with Gasteiger partial charge in [0.05, 0.1) is 7.11 Å². The average molecular weight is 481 g/mol. The summed E-state index contributed by atoms with van der Waals surface area (Å²) in [4.78, 5) is 14.3. The van der Waals surface area contributed by atoms with E-state index in [-0.39, 0.29) is 11.9 Å². The summed E-state index contributed by atoms with van der Waals surface area (Å²) in [7, 11) is 1.40. The van der Waals surface area contributed by atoms with Crippen LogP contribution in [0, 0.1) is 5.92 Å². The second-order valence-corrected chi connectivity index (χ2v) is 8.83. The molecule has 180 valence electrons. The van der Waals surface area contributed by atoms with Gasteiger partial charge in [0.15, 0.2) is 5.11 Å².